The van der Waals surface area contributed by atoms with Crippen molar-refractivity contribution >= 4 is 23.6 Å². The van der Waals surface area contributed by atoms with Crippen LogP contribution in [0.15, 0.2) is 35.3 Å². The molecule has 3 aromatic rings. The molecule has 1 unspecified atom stereocenters. The minimum atomic E-state index is -0.693. The summed E-state index contributed by atoms with van der Waals surface area (Å²) in [5, 5.41) is 17.4. The fourth-order valence-electron chi connectivity index (χ4n) is 5.24. The minimum absolute atomic E-state index is 0.131. The van der Waals surface area contributed by atoms with Gasteiger partial charge in [0.2, 0.25) is 18.2 Å². The number of aromatic nitrogens is 5. The lowest BCUT2D eigenvalue weighted by Gasteiger charge is -2.29. The Morgan fingerprint density at radius 2 is 2.03 bits per heavy atom. The van der Waals surface area contributed by atoms with E-state index in [2.05, 4.69) is 31.1 Å². The molecular weight excluding hydrogens is 468 g/mol. The molecule has 3 aliphatic rings. The van der Waals surface area contributed by atoms with Gasteiger partial charge in [0, 0.05) is 18.5 Å². The van der Waals surface area contributed by atoms with Crippen molar-refractivity contribution in [3.8, 4) is 5.69 Å². The SMILES string of the molecule is O=C1CCC(N2Cc3cc(-n4cc(C(=O)NC5(c6ncon6)CCCC5)nn4)ccc3C2=O)C(=O)N1. The maximum atomic E-state index is 13.0. The van der Waals surface area contributed by atoms with Gasteiger partial charge >= 0.3 is 0 Å². The first kappa shape index (κ1) is 22.1. The Morgan fingerprint density at radius 1 is 1.19 bits per heavy atom. The number of amides is 4. The smallest absolute Gasteiger partial charge is 0.274 e. The fraction of sp³-hybridized carbons (Fsp3) is 0.391. The molecule has 13 heteroatoms. The zero-order valence-corrected chi connectivity index (χ0v) is 19.1. The summed E-state index contributed by atoms with van der Waals surface area (Å²) in [5.74, 6) is -0.990. The zero-order valence-electron chi connectivity index (χ0n) is 19.1. The molecule has 4 amide bonds. The standard InChI is InChI=1S/C23H22N8O5/c32-18-6-5-17(20(34)25-18)30-10-13-9-14(3-4-15(13)21(30)35)31-11-16(27-29-31)19(33)26-23(7-1-2-8-23)22-24-12-36-28-22/h3-4,9,11-12,17H,1-2,5-8,10H2,(H,26,33)(H,25,32,34). The number of piperidine rings is 1. The van der Waals surface area contributed by atoms with Gasteiger partial charge < -0.3 is 14.7 Å². The molecule has 1 saturated heterocycles. The van der Waals surface area contributed by atoms with Gasteiger partial charge in [0.05, 0.1) is 11.9 Å². The van der Waals surface area contributed by atoms with Crippen LogP contribution in [0, 0.1) is 0 Å². The van der Waals surface area contributed by atoms with Gasteiger partial charge in [-0.05, 0) is 43.0 Å². The van der Waals surface area contributed by atoms with E-state index in [4.69, 9.17) is 4.52 Å². The summed E-state index contributed by atoms with van der Waals surface area (Å²) in [4.78, 5) is 55.3. The van der Waals surface area contributed by atoms with Crippen LogP contribution in [0.1, 0.15) is 70.8 Å². The number of nitrogens with zero attached hydrogens (tertiary/aromatic N) is 6. The molecule has 1 saturated carbocycles. The van der Waals surface area contributed by atoms with Crippen LogP contribution in [0.4, 0.5) is 0 Å². The molecule has 0 radical (unpaired) electrons. The maximum absolute atomic E-state index is 13.0. The van der Waals surface area contributed by atoms with Crippen molar-refractivity contribution in [2.24, 2.45) is 0 Å². The predicted octanol–water partition coefficient (Wildman–Crippen LogP) is 0.611. The number of imide groups is 1. The van der Waals surface area contributed by atoms with Crippen LogP contribution >= 0.6 is 0 Å². The lowest BCUT2D eigenvalue weighted by Crippen LogP contribution is -2.52. The fourth-order valence-corrected chi connectivity index (χ4v) is 5.24. The molecule has 13 nitrogen and oxygen atoms in total. The number of carbonyl (C=O) groups excluding carboxylic acids is 4. The first-order valence-electron chi connectivity index (χ1n) is 11.7. The third kappa shape index (κ3) is 3.63. The second-order valence-electron chi connectivity index (χ2n) is 9.29. The summed E-state index contributed by atoms with van der Waals surface area (Å²) in [6.07, 6.45) is 6.53. The van der Waals surface area contributed by atoms with Crippen LogP contribution in [0.25, 0.3) is 5.69 Å². The third-order valence-electron chi connectivity index (χ3n) is 7.10. The minimum Gasteiger partial charge on any atom is -0.343 e. The van der Waals surface area contributed by atoms with Crippen LogP contribution in [0.5, 0.6) is 0 Å². The van der Waals surface area contributed by atoms with E-state index in [-0.39, 0.29) is 30.5 Å². The Bertz CT molecular complexity index is 1370. The zero-order chi connectivity index (χ0) is 24.9. The molecule has 1 aromatic carbocycles. The summed E-state index contributed by atoms with van der Waals surface area (Å²) in [7, 11) is 0. The number of hydrogen-bond acceptors (Lipinski definition) is 9. The monoisotopic (exact) mass is 490 g/mol. The molecule has 1 aliphatic carbocycles. The molecule has 1 atom stereocenters. The van der Waals surface area contributed by atoms with Crippen LogP contribution in [0.2, 0.25) is 0 Å². The molecule has 2 N–H and O–H groups in total. The van der Waals surface area contributed by atoms with Crippen LogP contribution in [0.3, 0.4) is 0 Å². The Morgan fingerprint density at radius 3 is 2.78 bits per heavy atom. The van der Waals surface area contributed by atoms with E-state index in [1.54, 1.807) is 18.2 Å². The highest BCUT2D eigenvalue weighted by atomic mass is 16.5. The summed E-state index contributed by atoms with van der Waals surface area (Å²) in [6, 6.07) is 4.48. The molecular formula is C23H22N8O5. The molecule has 2 aromatic heterocycles. The molecule has 36 heavy (non-hydrogen) atoms. The van der Waals surface area contributed by atoms with Gasteiger partial charge in [0.1, 0.15) is 11.6 Å². The lowest BCUT2D eigenvalue weighted by molar-refractivity contribution is -0.136. The number of rotatable bonds is 5. The molecule has 0 bridgehead atoms. The van der Waals surface area contributed by atoms with Crippen molar-refractivity contribution in [1.29, 1.82) is 0 Å². The van der Waals surface area contributed by atoms with E-state index in [1.165, 1.54) is 22.2 Å². The van der Waals surface area contributed by atoms with E-state index < -0.39 is 23.4 Å². The van der Waals surface area contributed by atoms with Gasteiger partial charge in [-0.3, -0.25) is 24.5 Å². The van der Waals surface area contributed by atoms with Crippen molar-refractivity contribution in [1.82, 2.24) is 40.7 Å². The Labute approximate surface area is 204 Å². The van der Waals surface area contributed by atoms with Crippen LogP contribution in [-0.4, -0.2) is 59.7 Å². The third-order valence-corrected chi connectivity index (χ3v) is 7.10. The number of benzene rings is 1. The van der Waals surface area contributed by atoms with Crippen molar-refractivity contribution < 1.29 is 23.7 Å². The number of nitrogens with one attached hydrogen (secondary N) is 2. The van der Waals surface area contributed by atoms with E-state index >= 15 is 0 Å². The molecule has 0 spiro atoms. The van der Waals surface area contributed by atoms with Gasteiger partial charge in [0.25, 0.3) is 11.8 Å². The lowest BCUT2D eigenvalue weighted by atomic mass is 9.96. The van der Waals surface area contributed by atoms with Crippen LogP contribution < -0.4 is 10.6 Å². The molecule has 2 aliphatic heterocycles. The predicted molar refractivity (Wildman–Crippen MR) is 119 cm³/mol. The van der Waals surface area contributed by atoms with Gasteiger partial charge in [-0.1, -0.05) is 23.2 Å². The van der Waals surface area contributed by atoms with Crippen LogP contribution in [-0.2, 0) is 21.7 Å². The largest absolute Gasteiger partial charge is 0.343 e. The summed E-state index contributed by atoms with van der Waals surface area (Å²) in [6.45, 7) is 0.240. The van der Waals surface area contributed by atoms with E-state index in [0.29, 0.717) is 36.3 Å². The first-order valence-corrected chi connectivity index (χ1v) is 11.7. The topological polar surface area (TPSA) is 165 Å². The number of hydrogen-bond donors (Lipinski definition) is 2. The van der Waals surface area contributed by atoms with Crippen molar-refractivity contribution in [2.45, 2.75) is 56.7 Å². The first-order chi connectivity index (χ1) is 17.4. The van der Waals surface area contributed by atoms with Crippen molar-refractivity contribution in [3.05, 3.63) is 53.4 Å². The molecule has 6 rings (SSSR count). The van der Waals surface area contributed by atoms with Gasteiger partial charge in [-0.25, -0.2) is 4.68 Å². The van der Waals surface area contributed by atoms with Gasteiger partial charge in [-0.15, -0.1) is 5.10 Å². The molecule has 184 valence electrons. The Hall–Kier alpha value is -4.42. The maximum Gasteiger partial charge on any atom is 0.274 e. The average molecular weight is 490 g/mol. The average Bonchev–Trinajstić information content (AvgIpc) is 3.66. The summed E-state index contributed by atoms with van der Waals surface area (Å²) >= 11 is 0. The molecule has 4 heterocycles. The summed E-state index contributed by atoms with van der Waals surface area (Å²) in [5.41, 5.74) is 1.27. The molecule has 2 fully saturated rings. The highest BCUT2D eigenvalue weighted by molar-refractivity contribution is 6.05. The quantitative estimate of drug-likeness (QED) is 0.487. The number of fused-ring (bicyclic) bond motifs is 1. The van der Waals surface area contributed by atoms with Crippen molar-refractivity contribution in [3.63, 3.8) is 0 Å². The second kappa shape index (κ2) is 8.36. The van der Waals surface area contributed by atoms with E-state index in [0.717, 1.165) is 18.4 Å². The second-order valence-corrected chi connectivity index (χ2v) is 9.29. The highest BCUT2D eigenvalue weighted by Crippen LogP contribution is 2.37. The highest BCUT2D eigenvalue weighted by Gasteiger charge is 2.42. The van der Waals surface area contributed by atoms with Gasteiger partial charge in [-0.2, -0.15) is 4.98 Å². The van der Waals surface area contributed by atoms with E-state index in [1.807, 2.05) is 0 Å². The number of carbonyl (C=O) groups is 4. The Kier molecular flexibility index (Phi) is 5.12. The van der Waals surface area contributed by atoms with Crippen molar-refractivity contribution in [2.75, 3.05) is 0 Å². The normalized spacial score (nSPS) is 20.9. The Balaban J connectivity index is 1.20. The summed E-state index contributed by atoms with van der Waals surface area (Å²) < 4.78 is 6.36. The van der Waals surface area contributed by atoms with Gasteiger partial charge in [0.15, 0.2) is 11.5 Å². The van der Waals surface area contributed by atoms with E-state index in [9.17, 15) is 19.2 Å².